The van der Waals surface area contributed by atoms with Crippen molar-refractivity contribution in [1.82, 2.24) is 24.1 Å². The second-order valence-corrected chi connectivity index (χ2v) is 14.4. The van der Waals surface area contributed by atoms with E-state index in [2.05, 4.69) is 137 Å². The molecule has 0 fully saturated rings. The normalized spacial score (nSPS) is 11.9. The molecule has 6 nitrogen and oxygen atoms in total. The van der Waals surface area contributed by atoms with E-state index in [0.29, 0.717) is 5.82 Å². The summed E-state index contributed by atoms with van der Waals surface area (Å²) in [6, 6.07) is 63.4. The topological polar surface area (TPSA) is 61.7 Å². The van der Waals surface area contributed by atoms with Crippen LogP contribution < -0.4 is 0 Å². The molecule has 0 N–H and O–H groups in total. The molecule has 0 amide bonds. The van der Waals surface area contributed by atoms with Crippen LogP contribution in [0.3, 0.4) is 0 Å². The number of para-hydroxylation sites is 2. The molecule has 12 rings (SSSR count). The summed E-state index contributed by atoms with van der Waals surface area (Å²) >= 11 is 0. The number of hydrogen-bond donors (Lipinski definition) is 0. The van der Waals surface area contributed by atoms with Gasteiger partial charge in [-0.15, -0.1) is 0 Å². The Labute approximate surface area is 326 Å². The monoisotopic (exact) mass is 729 g/mol. The van der Waals surface area contributed by atoms with Gasteiger partial charge in [-0.1, -0.05) is 109 Å². The SMILES string of the molecule is c1ccc(-c2cc(-c3cccc4oc5ccc(-n6c7cc8c(cc7c7ncccc76)c6ccccc6n8-c6ccccc6)cc5c34)nc(-c3ccccc3)n2)cc1. The Morgan fingerprint density at radius 3 is 1.95 bits per heavy atom. The van der Waals surface area contributed by atoms with Gasteiger partial charge in [-0.2, -0.15) is 0 Å². The van der Waals surface area contributed by atoms with Gasteiger partial charge in [0.25, 0.3) is 0 Å². The molecule has 266 valence electrons. The number of rotatable bonds is 5. The highest BCUT2D eigenvalue weighted by atomic mass is 16.3. The van der Waals surface area contributed by atoms with Gasteiger partial charge in [0.2, 0.25) is 0 Å². The van der Waals surface area contributed by atoms with Crippen LogP contribution in [0.1, 0.15) is 0 Å². The molecule has 0 saturated heterocycles. The molecule has 0 spiro atoms. The molecule has 0 aliphatic rings. The van der Waals surface area contributed by atoms with Crippen molar-refractivity contribution in [3.05, 3.63) is 188 Å². The minimum atomic E-state index is 0.675. The van der Waals surface area contributed by atoms with Gasteiger partial charge in [0.15, 0.2) is 5.82 Å². The number of aromatic nitrogens is 5. The highest BCUT2D eigenvalue weighted by molar-refractivity contribution is 6.19. The van der Waals surface area contributed by atoms with Gasteiger partial charge in [0, 0.05) is 61.2 Å². The van der Waals surface area contributed by atoms with E-state index in [9.17, 15) is 0 Å². The van der Waals surface area contributed by atoms with Crippen LogP contribution in [-0.2, 0) is 0 Å². The number of furan rings is 1. The summed E-state index contributed by atoms with van der Waals surface area (Å²) in [6.07, 6.45) is 1.89. The summed E-state index contributed by atoms with van der Waals surface area (Å²) in [4.78, 5) is 15.2. The molecule has 5 aromatic heterocycles. The predicted octanol–water partition coefficient (Wildman–Crippen LogP) is 13.0. The second kappa shape index (κ2) is 12.3. The van der Waals surface area contributed by atoms with E-state index < -0.39 is 0 Å². The van der Waals surface area contributed by atoms with E-state index in [1.807, 2.05) is 60.8 Å². The number of hydrogen-bond acceptors (Lipinski definition) is 4. The molecule has 0 saturated carbocycles. The Morgan fingerprint density at radius 2 is 1.11 bits per heavy atom. The van der Waals surface area contributed by atoms with Crippen LogP contribution in [0.25, 0.3) is 111 Å². The average Bonchev–Trinajstić information content (AvgIpc) is 3.93. The van der Waals surface area contributed by atoms with Crippen LogP contribution in [0, 0.1) is 0 Å². The summed E-state index contributed by atoms with van der Waals surface area (Å²) in [5.74, 6) is 0.675. The Hall–Kier alpha value is -7.83. The predicted molar refractivity (Wildman–Crippen MR) is 232 cm³/mol. The third-order valence-corrected chi connectivity index (χ3v) is 11.2. The summed E-state index contributed by atoms with van der Waals surface area (Å²) in [5, 5.41) is 5.54. The molecule has 7 aromatic carbocycles. The lowest BCUT2D eigenvalue weighted by Gasteiger charge is -2.11. The fourth-order valence-corrected chi connectivity index (χ4v) is 8.65. The third kappa shape index (κ3) is 4.87. The van der Waals surface area contributed by atoms with Crippen LogP contribution in [0.4, 0.5) is 0 Å². The fourth-order valence-electron chi connectivity index (χ4n) is 8.65. The molecular weight excluding hydrogens is 699 g/mol. The zero-order valence-corrected chi connectivity index (χ0v) is 30.5. The highest BCUT2D eigenvalue weighted by Crippen LogP contribution is 2.42. The summed E-state index contributed by atoms with van der Waals surface area (Å²) < 4.78 is 11.3. The summed E-state index contributed by atoms with van der Waals surface area (Å²) in [7, 11) is 0. The zero-order valence-electron chi connectivity index (χ0n) is 30.5. The first-order valence-electron chi connectivity index (χ1n) is 19.1. The van der Waals surface area contributed by atoms with Gasteiger partial charge >= 0.3 is 0 Å². The number of fused-ring (bicyclic) bond motifs is 9. The lowest BCUT2D eigenvalue weighted by Crippen LogP contribution is -1.96. The molecule has 57 heavy (non-hydrogen) atoms. The van der Waals surface area contributed by atoms with Crippen LogP contribution in [-0.4, -0.2) is 24.1 Å². The molecule has 12 aromatic rings. The van der Waals surface area contributed by atoms with E-state index in [0.717, 1.165) is 88.8 Å². The Kier molecular flexibility index (Phi) is 6.83. The largest absolute Gasteiger partial charge is 0.456 e. The Morgan fingerprint density at radius 1 is 0.404 bits per heavy atom. The van der Waals surface area contributed by atoms with Crippen molar-refractivity contribution in [1.29, 1.82) is 0 Å². The summed E-state index contributed by atoms with van der Waals surface area (Å²) in [5.41, 5.74) is 13.8. The van der Waals surface area contributed by atoms with Crippen molar-refractivity contribution in [2.45, 2.75) is 0 Å². The van der Waals surface area contributed by atoms with Crippen LogP contribution >= 0.6 is 0 Å². The van der Waals surface area contributed by atoms with E-state index in [1.165, 1.54) is 16.3 Å². The molecule has 0 unspecified atom stereocenters. The van der Waals surface area contributed by atoms with E-state index >= 15 is 0 Å². The molecule has 0 bridgehead atoms. The number of benzene rings is 7. The minimum Gasteiger partial charge on any atom is -0.456 e. The standard InChI is InChI=1S/C51H31N5O/c1-4-14-32(15-5-1)41-30-42(54-51(53-41)33-16-6-2-7-17-33)37-21-12-24-48-49(37)40-28-35(25-26-47(40)57-48)56-44-23-13-27-52-50(44)39-29-38-36-20-10-11-22-43(36)55(45(38)31-46(39)56)34-18-8-3-9-19-34/h1-31H. The zero-order chi connectivity index (χ0) is 37.5. The maximum atomic E-state index is 6.58. The summed E-state index contributed by atoms with van der Waals surface area (Å²) in [6.45, 7) is 0. The van der Waals surface area contributed by atoms with Crippen molar-refractivity contribution in [2.75, 3.05) is 0 Å². The second-order valence-electron chi connectivity index (χ2n) is 14.4. The van der Waals surface area contributed by atoms with Gasteiger partial charge in [-0.05, 0) is 72.8 Å². The Balaban J connectivity index is 1.12. The molecule has 0 aliphatic heterocycles. The van der Waals surface area contributed by atoms with Crippen molar-refractivity contribution in [3.8, 4) is 45.3 Å². The average molecular weight is 730 g/mol. The smallest absolute Gasteiger partial charge is 0.160 e. The highest BCUT2D eigenvalue weighted by Gasteiger charge is 2.21. The molecule has 0 radical (unpaired) electrons. The quantitative estimate of drug-likeness (QED) is 0.177. The van der Waals surface area contributed by atoms with Gasteiger partial charge in [0.05, 0.1) is 39.0 Å². The fraction of sp³-hybridized carbons (Fsp3) is 0. The van der Waals surface area contributed by atoms with Crippen LogP contribution in [0.2, 0.25) is 0 Å². The van der Waals surface area contributed by atoms with Crippen molar-refractivity contribution in [3.63, 3.8) is 0 Å². The maximum Gasteiger partial charge on any atom is 0.160 e. The molecule has 6 heteroatoms. The van der Waals surface area contributed by atoms with E-state index in [-0.39, 0.29) is 0 Å². The first-order valence-corrected chi connectivity index (χ1v) is 19.1. The van der Waals surface area contributed by atoms with Gasteiger partial charge < -0.3 is 13.6 Å². The number of nitrogens with zero attached hydrogens (tertiary/aromatic N) is 5. The van der Waals surface area contributed by atoms with Crippen molar-refractivity contribution >= 4 is 65.7 Å². The molecule has 0 aliphatic carbocycles. The maximum absolute atomic E-state index is 6.58. The van der Waals surface area contributed by atoms with Crippen LogP contribution in [0.5, 0.6) is 0 Å². The molecule has 0 atom stereocenters. The minimum absolute atomic E-state index is 0.675. The van der Waals surface area contributed by atoms with Gasteiger partial charge in [-0.25, -0.2) is 9.97 Å². The molecule has 5 heterocycles. The van der Waals surface area contributed by atoms with Crippen LogP contribution in [0.15, 0.2) is 193 Å². The third-order valence-electron chi connectivity index (χ3n) is 11.2. The number of pyridine rings is 1. The van der Waals surface area contributed by atoms with Gasteiger partial charge in [0.1, 0.15) is 11.2 Å². The van der Waals surface area contributed by atoms with Crippen molar-refractivity contribution in [2.24, 2.45) is 0 Å². The lowest BCUT2D eigenvalue weighted by molar-refractivity contribution is 0.669. The van der Waals surface area contributed by atoms with Crippen molar-refractivity contribution < 1.29 is 4.42 Å². The van der Waals surface area contributed by atoms with E-state index in [1.54, 1.807) is 0 Å². The van der Waals surface area contributed by atoms with Gasteiger partial charge in [-0.3, -0.25) is 4.98 Å². The first-order chi connectivity index (χ1) is 28.3. The molecular formula is C51H31N5O. The lowest BCUT2D eigenvalue weighted by atomic mass is 10.0. The first kappa shape index (κ1) is 31.5. The van der Waals surface area contributed by atoms with E-state index in [4.69, 9.17) is 19.4 Å². The Bertz CT molecular complexity index is 3450.